The Morgan fingerprint density at radius 3 is 2.42 bits per heavy atom. The van der Waals surface area contributed by atoms with Crippen LogP contribution in [0.5, 0.6) is 0 Å². The van der Waals surface area contributed by atoms with Crippen LogP contribution in [0.25, 0.3) is 11.1 Å². The average molecular weight is 490 g/mol. The van der Waals surface area contributed by atoms with Crippen LogP contribution in [0.1, 0.15) is 49.8 Å². The number of carbonyl (C=O) groups is 2. The molecule has 0 aliphatic carbocycles. The van der Waals surface area contributed by atoms with Gasteiger partial charge in [0.05, 0.1) is 5.69 Å². The second-order valence-corrected chi connectivity index (χ2v) is 9.25. The molecule has 0 radical (unpaired) electrons. The normalized spacial score (nSPS) is 12.2. The van der Waals surface area contributed by atoms with Gasteiger partial charge in [-0.2, -0.15) is 4.98 Å². The van der Waals surface area contributed by atoms with E-state index in [1.54, 1.807) is 20.8 Å². The first kappa shape index (κ1) is 24.6. The molecule has 186 valence electrons. The number of carboxylic acid groups (broad SMARTS) is 1. The molecule has 0 bridgehead atoms. The van der Waals surface area contributed by atoms with Crippen LogP contribution in [0.3, 0.4) is 0 Å². The van der Waals surface area contributed by atoms with Crippen LogP contribution in [-0.2, 0) is 17.6 Å². The Morgan fingerprint density at radius 2 is 1.78 bits per heavy atom. The fraction of sp³-hybridized carbons (Fsp3) is 0.269. The highest BCUT2D eigenvalue weighted by molar-refractivity contribution is 5.68. The second kappa shape index (κ2) is 10.4. The average Bonchev–Trinajstić information content (AvgIpc) is 3.48. The van der Waals surface area contributed by atoms with Crippen LogP contribution >= 0.6 is 0 Å². The Bertz CT molecular complexity index is 1320. The minimum atomic E-state index is -1.16. The number of imidazole rings is 1. The summed E-state index contributed by atoms with van der Waals surface area (Å²) in [6.45, 7) is 5.26. The first-order chi connectivity index (χ1) is 17.2. The van der Waals surface area contributed by atoms with E-state index in [0.29, 0.717) is 17.9 Å². The number of alkyl carbamates (subject to hydrolysis) is 1. The van der Waals surface area contributed by atoms with Gasteiger partial charge in [-0.05, 0) is 37.5 Å². The topological polar surface area (TPSA) is 132 Å². The zero-order chi connectivity index (χ0) is 25.7. The maximum Gasteiger partial charge on any atom is 0.416 e. The van der Waals surface area contributed by atoms with Crippen molar-refractivity contribution in [2.45, 2.75) is 45.3 Å². The monoisotopic (exact) mass is 489 g/mol. The van der Waals surface area contributed by atoms with E-state index < -0.39 is 23.8 Å². The third-order valence-electron chi connectivity index (χ3n) is 5.17. The van der Waals surface area contributed by atoms with Gasteiger partial charge in [0, 0.05) is 19.0 Å². The fourth-order valence-electron chi connectivity index (χ4n) is 3.54. The van der Waals surface area contributed by atoms with Gasteiger partial charge in [-0.15, -0.1) is 0 Å². The van der Waals surface area contributed by atoms with E-state index in [2.05, 4.69) is 32.6 Å². The molecule has 0 saturated heterocycles. The van der Waals surface area contributed by atoms with Crippen LogP contribution in [0.4, 0.5) is 9.59 Å². The number of nitrogens with one attached hydrogen (secondary N) is 1. The van der Waals surface area contributed by atoms with Gasteiger partial charge in [0.2, 0.25) is 5.89 Å². The minimum absolute atomic E-state index is 0.132. The van der Waals surface area contributed by atoms with Crippen molar-refractivity contribution < 1.29 is 24.0 Å². The van der Waals surface area contributed by atoms with Gasteiger partial charge in [0.15, 0.2) is 5.82 Å². The Hall–Kier alpha value is -4.47. The summed E-state index contributed by atoms with van der Waals surface area (Å²) in [6, 6.07) is 17.4. The molecule has 1 atom stereocenters. The van der Waals surface area contributed by atoms with Crippen LogP contribution in [0.2, 0.25) is 0 Å². The number of aromatic nitrogens is 4. The van der Waals surface area contributed by atoms with Crippen molar-refractivity contribution in [3.63, 3.8) is 0 Å². The quantitative estimate of drug-likeness (QED) is 0.376. The lowest BCUT2D eigenvalue weighted by atomic mass is 10.0. The van der Waals surface area contributed by atoms with E-state index >= 15 is 0 Å². The molecule has 0 spiro atoms. The predicted molar refractivity (Wildman–Crippen MR) is 130 cm³/mol. The van der Waals surface area contributed by atoms with Gasteiger partial charge in [0.1, 0.15) is 18.0 Å². The lowest BCUT2D eigenvalue weighted by Gasteiger charge is -2.21. The van der Waals surface area contributed by atoms with Crippen molar-refractivity contribution in [3.8, 4) is 11.1 Å². The van der Waals surface area contributed by atoms with Gasteiger partial charge < -0.3 is 19.7 Å². The van der Waals surface area contributed by atoms with E-state index in [9.17, 15) is 9.59 Å². The number of ether oxygens (including phenoxy) is 1. The lowest BCUT2D eigenvalue weighted by molar-refractivity contribution is 0.0493. The van der Waals surface area contributed by atoms with Crippen molar-refractivity contribution >= 4 is 12.2 Å². The SMILES string of the molecule is CC(C)(C)OC(=O)NC(Cc1cn(C(=O)O)cn1)c1nc(Cc2ccc(-c3ccccc3)cc2)no1. The minimum Gasteiger partial charge on any atom is -0.464 e. The molecule has 10 nitrogen and oxygen atoms in total. The highest BCUT2D eigenvalue weighted by Crippen LogP contribution is 2.22. The van der Waals surface area contributed by atoms with Gasteiger partial charge >= 0.3 is 12.2 Å². The molecule has 0 fully saturated rings. The number of carbonyl (C=O) groups excluding carboxylic acids is 1. The molecule has 0 saturated carbocycles. The molecule has 2 N–H and O–H groups in total. The largest absolute Gasteiger partial charge is 0.464 e. The molecular weight excluding hydrogens is 462 g/mol. The van der Waals surface area contributed by atoms with Crippen molar-refractivity contribution in [1.29, 1.82) is 0 Å². The van der Waals surface area contributed by atoms with E-state index in [4.69, 9.17) is 14.4 Å². The van der Waals surface area contributed by atoms with Crippen LogP contribution in [0, 0.1) is 0 Å². The Morgan fingerprint density at radius 1 is 1.08 bits per heavy atom. The standard InChI is InChI=1S/C26H27N5O5/c1-26(2,3)35-24(32)28-21(14-20-15-31(16-27-20)25(33)34)23-29-22(30-36-23)13-17-9-11-19(12-10-17)18-7-5-4-6-8-18/h4-12,15-16,21H,13-14H2,1-3H3,(H,28,32)(H,33,34). The third-order valence-corrected chi connectivity index (χ3v) is 5.17. The summed E-state index contributed by atoms with van der Waals surface area (Å²) >= 11 is 0. The van der Waals surface area contributed by atoms with E-state index in [-0.39, 0.29) is 12.3 Å². The number of amides is 1. The molecule has 0 aliphatic heterocycles. The van der Waals surface area contributed by atoms with E-state index in [1.807, 2.05) is 42.5 Å². The van der Waals surface area contributed by atoms with Gasteiger partial charge in [-0.25, -0.2) is 19.1 Å². The van der Waals surface area contributed by atoms with E-state index in [0.717, 1.165) is 21.3 Å². The van der Waals surface area contributed by atoms with Crippen LogP contribution < -0.4 is 5.32 Å². The smallest absolute Gasteiger partial charge is 0.416 e. The summed E-state index contributed by atoms with van der Waals surface area (Å²) in [5.74, 6) is 0.617. The predicted octanol–water partition coefficient (Wildman–Crippen LogP) is 4.86. The Balaban J connectivity index is 1.50. The number of hydrogen-bond donors (Lipinski definition) is 2. The fourth-order valence-corrected chi connectivity index (χ4v) is 3.54. The maximum absolute atomic E-state index is 12.4. The molecule has 1 unspecified atom stereocenters. The molecule has 2 aromatic carbocycles. The third kappa shape index (κ3) is 6.56. The number of hydrogen-bond acceptors (Lipinski definition) is 7. The first-order valence-corrected chi connectivity index (χ1v) is 11.4. The first-order valence-electron chi connectivity index (χ1n) is 11.4. The summed E-state index contributed by atoms with van der Waals surface area (Å²) in [5, 5.41) is 15.9. The molecule has 1 amide bonds. The molecule has 4 aromatic rings. The van der Waals surface area contributed by atoms with E-state index in [1.165, 1.54) is 12.5 Å². The number of nitrogens with zero attached hydrogens (tertiary/aromatic N) is 4. The maximum atomic E-state index is 12.4. The molecule has 0 aliphatic rings. The molecular formula is C26H27N5O5. The highest BCUT2D eigenvalue weighted by atomic mass is 16.6. The molecule has 36 heavy (non-hydrogen) atoms. The number of rotatable bonds is 7. The van der Waals surface area contributed by atoms with Crippen LogP contribution in [0.15, 0.2) is 71.6 Å². The van der Waals surface area contributed by atoms with Gasteiger partial charge in [-0.3, -0.25) is 0 Å². The highest BCUT2D eigenvalue weighted by Gasteiger charge is 2.26. The second-order valence-electron chi connectivity index (χ2n) is 9.25. The van der Waals surface area contributed by atoms with Gasteiger partial charge in [0.25, 0.3) is 0 Å². The summed E-state index contributed by atoms with van der Waals surface area (Å²) in [7, 11) is 0. The lowest BCUT2D eigenvalue weighted by Crippen LogP contribution is -2.36. The molecule has 2 heterocycles. The zero-order valence-corrected chi connectivity index (χ0v) is 20.2. The summed E-state index contributed by atoms with van der Waals surface area (Å²) in [4.78, 5) is 32.2. The summed E-state index contributed by atoms with van der Waals surface area (Å²) in [5.41, 5.74) is 2.96. The molecule has 4 rings (SSSR count). The Labute approximate surface area is 207 Å². The van der Waals surface area contributed by atoms with Crippen molar-refractivity contribution in [2.75, 3.05) is 0 Å². The number of benzene rings is 2. The van der Waals surface area contributed by atoms with Crippen molar-refractivity contribution in [3.05, 3.63) is 90.1 Å². The summed E-state index contributed by atoms with van der Waals surface area (Å²) in [6.07, 6.45) is 1.28. The van der Waals surface area contributed by atoms with Gasteiger partial charge in [-0.1, -0.05) is 59.8 Å². The summed E-state index contributed by atoms with van der Waals surface area (Å²) < 4.78 is 11.8. The molecule has 2 aromatic heterocycles. The van der Waals surface area contributed by atoms with Crippen LogP contribution in [-0.4, -0.2) is 42.6 Å². The molecule has 10 heteroatoms. The van der Waals surface area contributed by atoms with Crippen molar-refractivity contribution in [1.82, 2.24) is 25.0 Å². The Kier molecular flexibility index (Phi) is 7.14. The zero-order valence-electron chi connectivity index (χ0n) is 20.2. The van der Waals surface area contributed by atoms with Crippen molar-refractivity contribution in [2.24, 2.45) is 0 Å².